The lowest BCUT2D eigenvalue weighted by molar-refractivity contribution is 0.256. The number of rotatable bonds is 3. The molecule has 0 radical (unpaired) electrons. The number of hydrogen-bond acceptors (Lipinski definition) is 5. The highest BCUT2D eigenvalue weighted by atomic mass is 32.2. The van der Waals surface area contributed by atoms with E-state index in [0.29, 0.717) is 17.0 Å². The maximum absolute atomic E-state index is 13.0. The van der Waals surface area contributed by atoms with E-state index >= 15 is 0 Å². The van der Waals surface area contributed by atoms with Gasteiger partial charge in [-0.25, -0.2) is 9.52 Å². The Morgan fingerprint density at radius 1 is 0.938 bits per heavy atom. The maximum atomic E-state index is 13.0. The summed E-state index contributed by atoms with van der Waals surface area (Å²) >= 11 is 0. The van der Waals surface area contributed by atoms with Crippen molar-refractivity contribution < 1.29 is 17.6 Å². The standard InChI is InChI=1S/C24H27N3O4S/c25-21-13-7-9-14(10-8-13)23-19(21)12-20(31-23)32(29,30)27-24(28)26-22-17-5-1-3-15(17)11-16-4-2-6-18(16)22/h11-14,25H,1-10H2,(H2,26,27,28). The Morgan fingerprint density at radius 2 is 1.56 bits per heavy atom. The number of furan rings is 1. The van der Waals surface area contributed by atoms with Crippen LogP contribution in [-0.4, -0.2) is 20.2 Å². The molecule has 2 amide bonds. The summed E-state index contributed by atoms with van der Waals surface area (Å²) in [6, 6.07) is 2.94. The van der Waals surface area contributed by atoms with Gasteiger partial charge in [-0.2, -0.15) is 8.42 Å². The number of carbonyl (C=O) groups is 1. The quantitative estimate of drug-likeness (QED) is 0.638. The van der Waals surface area contributed by atoms with Crippen LogP contribution in [0.4, 0.5) is 10.5 Å². The van der Waals surface area contributed by atoms with Crippen LogP contribution in [0.2, 0.25) is 0 Å². The van der Waals surface area contributed by atoms with Gasteiger partial charge in [-0.3, -0.25) is 0 Å². The number of carbonyl (C=O) groups excluding carboxylic acids is 1. The third kappa shape index (κ3) is 3.10. The molecule has 0 spiro atoms. The molecule has 7 nitrogen and oxygen atoms in total. The predicted molar refractivity (Wildman–Crippen MR) is 120 cm³/mol. The molecule has 32 heavy (non-hydrogen) atoms. The molecule has 0 saturated heterocycles. The Hall–Kier alpha value is -2.61. The highest BCUT2D eigenvalue weighted by molar-refractivity contribution is 7.89. The van der Waals surface area contributed by atoms with Crippen molar-refractivity contribution in [1.29, 1.82) is 5.41 Å². The third-order valence-corrected chi connectivity index (χ3v) is 8.92. The van der Waals surface area contributed by atoms with Crippen molar-refractivity contribution in [1.82, 2.24) is 4.72 Å². The predicted octanol–water partition coefficient (Wildman–Crippen LogP) is 4.42. The molecule has 1 fully saturated rings. The summed E-state index contributed by atoms with van der Waals surface area (Å²) in [5.74, 6) is 0.907. The first kappa shape index (κ1) is 20.0. The van der Waals surface area contributed by atoms with Crippen LogP contribution >= 0.6 is 0 Å². The normalized spacial score (nSPS) is 23.4. The number of sulfonamides is 1. The van der Waals surface area contributed by atoms with Gasteiger partial charge in [-0.15, -0.1) is 0 Å². The maximum Gasteiger partial charge on any atom is 0.333 e. The molecule has 1 aromatic heterocycles. The van der Waals surface area contributed by atoms with Gasteiger partial charge < -0.3 is 15.1 Å². The molecule has 7 rings (SSSR count). The van der Waals surface area contributed by atoms with Gasteiger partial charge in [0, 0.05) is 34.9 Å². The molecular weight excluding hydrogens is 426 g/mol. The Bertz CT molecular complexity index is 1220. The molecule has 168 valence electrons. The molecule has 0 aliphatic heterocycles. The first-order valence-electron chi connectivity index (χ1n) is 11.6. The number of benzene rings is 1. The van der Waals surface area contributed by atoms with E-state index in [1.165, 1.54) is 17.2 Å². The summed E-state index contributed by atoms with van der Waals surface area (Å²) in [5, 5.41) is 11.1. The molecular formula is C24H27N3O4S. The third-order valence-electron chi connectivity index (χ3n) is 7.74. The lowest BCUT2D eigenvalue weighted by atomic mass is 9.83. The van der Waals surface area contributed by atoms with E-state index in [2.05, 4.69) is 16.1 Å². The number of amides is 2. The van der Waals surface area contributed by atoms with Crippen LogP contribution in [0.1, 0.15) is 78.0 Å². The highest BCUT2D eigenvalue weighted by Crippen LogP contribution is 2.44. The zero-order chi connectivity index (χ0) is 22.0. The van der Waals surface area contributed by atoms with Gasteiger partial charge in [0.05, 0.1) is 0 Å². The van der Waals surface area contributed by atoms with E-state index in [9.17, 15) is 13.2 Å². The minimum atomic E-state index is -4.18. The number of aryl methyl sites for hydroxylation is 2. The van der Waals surface area contributed by atoms with E-state index in [1.54, 1.807) is 0 Å². The molecule has 5 aliphatic carbocycles. The average Bonchev–Trinajstić information content (AvgIpc) is 3.50. The average molecular weight is 454 g/mol. The summed E-state index contributed by atoms with van der Waals surface area (Å²) in [6.07, 6.45) is 9.63. The van der Waals surface area contributed by atoms with Crippen LogP contribution in [0.5, 0.6) is 0 Å². The Kier molecular flexibility index (Phi) is 4.51. The number of fused-ring (bicyclic) bond motifs is 4. The second-order valence-corrected chi connectivity index (χ2v) is 11.2. The summed E-state index contributed by atoms with van der Waals surface area (Å²) in [6.45, 7) is 0. The number of hydrogen-bond donors (Lipinski definition) is 3. The van der Waals surface area contributed by atoms with Crippen molar-refractivity contribution in [2.45, 2.75) is 75.2 Å². The molecule has 1 saturated carbocycles. The molecule has 2 bridgehead atoms. The molecule has 5 aliphatic rings. The van der Waals surface area contributed by atoms with E-state index in [-0.39, 0.29) is 16.9 Å². The van der Waals surface area contributed by atoms with E-state index in [4.69, 9.17) is 9.83 Å². The van der Waals surface area contributed by atoms with Crippen molar-refractivity contribution in [3.05, 3.63) is 45.7 Å². The monoisotopic (exact) mass is 453 g/mol. The largest absolute Gasteiger partial charge is 0.447 e. The van der Waals surface area contributed by atoms with Gasteiger partial charge in [0.15, 0.2) is 0 Å². The van der Waals surface area contributed by atoms with Gasteiger partial charge in [0.1, 0.15) is 5.76 Å². The van der Waals surface area contributed by atoms with E-state index in [1.807, 2.05) is 0 Å². The van der Waals surface area contributed by atoms with Crippen LogP contribution in [0.25, 0.3) is 0 Å². The van der Waals surface area contributed by atoms with Crippen molar-refractivity contribution in [3.8, 4) is 0 Å². The fourth-order valence-electron chi connectivity index (χ4n) is 6.17. The van der Waals surface area contributed by atoms with Gasteiger partial charge in [-0.1, -0.05) is 6.07 Å². The smallest absolute Gasteiger partial charge is 0.333 e. The highest BCUT2D eigenvalue weighted by Gasteiger charge is 2.38. The van der Waals surface area contributed by atoms with E-state index in [0.717, 1.165) is 81.0 Å². The second-order valence-electron chi connectivity index (χ2n) is 9.60. The van der Waals surface area contributed by atoms with Crippen molar-refractivity contribution >= 4 is 27.5 Å². The lowest BCUT2D eigenvalue weighted by Gasteiger charge is -2.22. The molecule has 1 heterocycles. The zero-order valence-electron chi connectivity index (χ0n) is 17.9. The van der Waals surface area contributed by atoms with Crippen molar-refractivity contribution in [2.75, 3.05) is 5.32 Å². The van der Waals surface area contributed by atoms with Gasteiger partial charge >= 0.3 is 6.03 Å². The number of nitrogens with one attached hydrogen (secondary N) is 3. The number of urea groups is 1. The number of anilines is 1. The van der Waals surface area contributed by atoms with Gasteiger partial charge in [0.25, 0.3) is 10.0 Å². The van der Waals surface area contributed by atoms with Crippen LogP contribution in [0.3, 0.4) is 0 Å². The summed E-state index contributed by atoms with van der Waals surface area (Å²) in [5.41, 5.74) is 6.69. The first-order valence-corrected chi connectivity index (χ1v) is 13.1. The molecule has 2 aromatic rings. The Labute approximate surface area is 187 Å². The summed E-state index contributed by atoms with van der Waals surface area (Å²) < 4.78 is 33.9. The minimum Gasteiger partial charge on any atom is -0.447 e. The summed E-state index contributed by atoms with van der Waals surface area (Å²) in [7, 11) is -4.18. The minimum absolute atomic E-state index is 0.149. The Balaban J connectivity index is 1.27. The summed E-state index contributed by atoms with van der Waals surface area (Å²) in [4.78, 5) is 12.8. The molecule has 8 heteroatoms. The lowest BCUT2D eigenvalue weighted by Crippen LogP contribution is -2.34. The Morgan fingerprint density at radius 3 is 2.22 bits per heavy atom. The first-order chi connectivity index (χ1) is 15.4. The van der Waals surface area contributed by atoms with Crippen molar-refractivity contribution in [3.63, 3.8) is 0 Å². The second kappa shape index (κ2) is 7.20. The fraction of sp³-hybridized carbons (Fsp3) is 0.500. The molecule has 3 N–H and O–H groups in total. The zero-order valence-corrected chi connectivity index (χ0v) is 18.7. The van der Waals surface area contributed by atoms with Gasteiger partial charge in [0.2, 0.25) is 5.09 Å². The SMILES string of the molecule is N=C1c2cc(S(=O)(=O)NC(=O)Nc3c4c(cc5c3CCC5)CCC4)oc2C2CCC1CC2. The van der Waals surface area contributed by atoms with Crippen LogP contribution in [0.15, 0.2) is 21.6 Å². The van der Waals surface area contributed by atoms with Gasteiger partial charge in [-0.05, 0) is 86.5 Å². The van der Waals surface area contributed by atoms with E-state index < -0.39 is 16.1 Å². The van der Waals surface area contributed by atoms with Crippen molar-refractivity contribution in [2.24, 2.45) is 5.92 Å². The fourth-order valence-corrected chi connectivity index (χ4v) is 7.04. The van der Waals surface area contributed by atoms with Crippen LogP contribution in [-0.2, 0) is 35.7 Å². The topological polar surface area (TPSA) is 112 Å². The molecule has 1 aromatic carbocycles. The van der Waals surface area contributed by atoms with Crippen LogP contribution < -0.4 is 10.0 Å². The molecule has 0 atom stereocenters. The molecule has 0 unspecified atom stereocenters. The van der Waals surface area contributed by atoms with Crippen LogP contribution in [0, 0.1) is 11.3 Å².